The molecule has 1 aromatic heterocycles. The zero-order valence-electron chi connectivity index (χ0n) is 22.3. The van der Waals surface area contributed by atoms with Crippen molar-refractivity contribution in [2.24, 2.45) is 0 Å². The number of aryl methyl sites for hydroxylation is 1. The van der Waals surface area contributed by atoms with Gasteiger partial charge in [-0.2, -0.15) is 0 Å². The van der Waals surface area contributed by atoms with Gasteiger partial charge in [0, 0.05) is 22.7 Å². The van der Waals surface area contributed by atoms with Crippen molar-refractivity contribution in [3.8, 4) is 11.5 Å². The lowest BCUT2D eigenvalue weighted by molar-refractivity contribution is -0.122. The molecule has 0 bridgehead atoms. The lowest BCUT2D eigenvalue weighted by Gasteiger charge is -2.28. The third kappa shape index (κ3) is 5.36. The van der Waals surface area contributed by atoms with Gasteiger partial charge in [0.1, 0.15) is 11.6 Å². The molecule has 1 fully saturated rings. The summed E-state index contributed by atoms with van der Waals surface area (Å²) in [5.74, 6) is -0.642. The molecule has 41 heavy (non-hydrogen) atoms. The van der Waals surface area contributed by atoms with Crippen LogP contribution in [0.3, 0.4) is 0 Å². The van der Waals surface area contributed by atoms with Gasteiger partial charge in [-0.05, 0) is 79.6 Å². The minimum atomic E-state index is -0.925. The number of benzene rings is 4. The highest BCUT2D eigenvalue weighted by molar-refractivity contribution is 6.30. The second-order valence-corrected chi connectivity index (χ2v) is 10.5. The van der Waals surface area contributed by atoms with E-state index in [9.17, 15) is 14.4 Å². The Morgan fingerprint density at radius 2 is 1.76 bits per heavy atom. The maximum absolute atomic E-state index is 13.8. The Morgan fingerprint density at radius 3 is 2.51 bits per heavy atom. The first kappa shape index (κ1) is 26.5. The number of amides is 3. The molecule has 1 saturated heterocycles. The van der Waals surface area contributed by atoms with Crippen LogP contribution in [0.1, 0.15) is 27.9 Å². The smallest absolute Gasteiger partial charge is 0.257 e. The van der Waals surface area contributed by atoms with Crippen LogP contribution in [0, 0.1) is 6.92 Å². The molecule has 0 radical (unpaired) electrons. The van der Waals surface area contributed by atoms with Crippen molar-refractivity contribution < 1.29 is 18.8 Å². The van der Waals surface area contributed by atoms with Gasteiger partial charge in [0.05, 0.1) is 12.1 Å². The fraction of sp³-hybridized carbons (Fsp3) is 0.152. The molecule has 2 heterocycles. The lowest BCUT2D eigenvalue weighted by Crippen LogP contribution is -2.46. The number of hydrogen-bond acceptors (Lipinski definition) is 5. The largest absolute Gasteiger partial charge is 0.436 e. The second-order valence-electron chi connectivity index (χ2n) is 10.1. The van der Waals surface area contributed by atoms with E-state index in [1.807, 2.05) is 61.5 Å². The average Bonchev–Trinajstić information content (AvgIpc) is 3.53. The van der Waals surface area contributed by atoms with Crippen molar-refractivity contribution in [1.82, 2.24) is 9.88 Å². The third-order valence-electron chi connectivity index (χ3n) is 7.22. The van der Waals surface area contributed by atoms with E-state index in [0.717, 1.165) is 27.1 Å². The fourth-order valence-corrected chi connectivity index (χ4v) is 5.38. The molecule has 6 rings (SSSR count). The number of fused-ring (bicyclic) bond motifs is 1. The number of hydrogen-bond donors (Lipinski definition) is 0. The zero-order valence-corrected chi connectivity index (χ0v) is 23.0. The number of carbonyl (C=O) groups is 3. The molecule has 0 N–H and O–H groups in total. The molecule has 7 nitrogen and oxygen atoms in total. The molecule has 204 valence electrons. The first-order chi connectivity index (χ1) is 19.9. The Bertz CT molecular complexity index is 1750. The second kappa shape index (κ2) is 11.0. The van der Waals surface area contributed by atoms with Crippen molar-refractivity contribution in [1.29, 1.82) is 0 Å². The monoisotopic (exact) mass is 563 g/mol. The minimum Gasteiger partial charge on any atom is -0.436 e. The van der Waals surface area contributed by atoms with Crippen molar-refractivity contribution in [3.05, 3.63) is 119 Å². The number of aromatic nitrogens is 1. The van der Waals surface area contributed by atoms with E-state index in [4.69, 9.17) is 16.0 Å². The third-order valence-corrected chi connectivity index (χ3v) is 7.46. The number of nitrogens with zero attached hydrogens (tertiary/aromatic N) is 3. The van der Waals surface area contributed by atoms with Gasteiger partial charge in [-0.1, -0.05) is 53.6 Å². The van der Waals surface area contributed by atoms with Crippen LogP contribution in [0.2, 0.25) is 5.02 Å². The molecular formula is C33H26ClN3O4. The number of para-hydroxylation sites is 2. The summed E-state index contributed by atoms with van der Waals surface area (Å²) >= 11 is 6.17. The molecular weight excluding hydrogens is 538 g/mol. The van der Waals surface area contributed by atoms with Gasteiger partial charge in [0.15, 0.2) is 5.58 Å². The summed E-state index contributed by atoms with van der Waals surface area (Å²) in [6.45, 7) is 2.16. The summed E-state index contributed by atoms with van der Waals surface area (Å²) in [5, 5.41) is 0.596. The number of rotatable bonds is 7. The van der Waals surface area contributed by atoms with E-state index in [2.05, 4.69) is 4.98 Å². The Labute approximate surface area is 242 Å². The standard InChI is InChI=1S/C33H26ClN3O4/c1-21-6-4-8-24(18-21)32(39)36(17-16-22-7-5-9-25(34)19-22)28-20-30(38)37(33(28)40)26-14-12-23(13-15-26)31-35-27-10-2-3-11-29(27)41-31/h2-15,18-19,28H,16-17,20H2,1H3. The summed E-state index contributed by atoms with van der Waals surface area (Å²) in [7, 11) is 0. The lowest BCUT2D eigenvalue weighted by atomic mass is 10.1. The highest BCUT2D eigenvalue weighted by Gasteiger charge is 2.44. The summed E-state index contributed by atoms with van der Waals surface area (Å²) < 4.78 is 5.85. The molecule has 0 aliphatic carbocycles. The Balaban J connectivity index is 1.27. The number of halogens is 1. The fourth-order valence-electron chi connectivity index (χ4n) is 5.16. The van der Waals surface area contributed by atoms with E-state index < -0.39 is 11.9 Å². The summed E-state index contributed by atoms with van der Waals surface area (Å²) in [5.41, 5.74) is 4.91. The van der Waals surface area contributed by atoms with E-state index >= 15 is 0 Å². The van der Waals surface area contributed by atoms with Crippen LogP contribution < -0.4 is 4.90 Å². The minimum absolute atomic E-state index is 0.0984. The Hall–Kier alpha value is -4.75. The molecule has 5 aromatic rings. The summed E-state index contributed by atoms with van der Waals surface area (Å²) in [4.78, 5) is 47.9. The molecule has 1 aliphatic heterocycles. The number of imide groups is 1. The van der Waals surface area contributed by atoms with Crippen LogP contribution in [0.25, 0.3) is 22.6 Å². The normalized spacial score (nSPS) is 15.1. The van der Waals surface area contributed by atoms with Crippen molar-refractivity contribution in [2.45, 2.75) is 25.8 Å². The Kier molecular flexibility index (Phi) is 7.12. The molecule has 4 aromatic carbocycles. The van der Waals surface area contributed by atoms with E-state index in [1.165, 1.54) is 4.90 Å². The maximum Gasteiger partial charge on any atom is 0.257 e. The molecule has 8 heteroatoms. The van der Waals surface area contributed by atoms with Gasteiger partial charge < -0.3 is 9.32 Å². The summed E-state index contributed by atoms with van der Waals surface area (Å²) in [6.07, 6.45) is 0.383. The average molecular weight is 564 g/mol. The number of oxazole rings is 1. The van der Waals surface area contributed by atoms with Crippen LogP contribution in [0.5, 0.6) is 0 Å². The summed E-state index contributed by atoms with van der Waals surface area (Å²) in [6, 6.07) is 28.1. The van der Waals surface area contributed by atoms with Crippen LogP contribution in [-0.4, -0.2) is 40.2 Å². The highest BCUT2D eigenvalue weighted by Crippen LogP contribution is 2.30. The van der Waals surface area contributed by atoms with E-state index in [1.54, 1.807) is 42.5 Å². The van der Waals surface area contributed by atoms with Crippen LogP contribution in [-0.2, 0) is 16.0 Å². The first-order valence-corrected chi connectivity index (χ1v) is 13.7. The maximum atomic E-state index is 13.8. The SMILES string of the molecule is Cc1cccc(C(=O)N(CCc2cccc(Cl)c2)C2CC(=O)N(c3ccc(-c4nc5ccccc5o4)cc3)C2=O)c1. The van der Waals surface area contributed by atoms with Crippen molar-refractivity contribution in [2.75, 3.05) is 11.4 Å². The first-order valence-electron chi connectivity index (χ1n) is 13.3. The molecule has 0 spiro atoms. The van der Waals surface area contributed by atoms with Crippen LogP contribution >= 0.6 is 11.6 Å². The van der Waals surface area contributed by atoms with Gasteiger partial charge in [0.2, 0.25) is 11.8 Å². The van der Waals surface area contributed by atoms with Gasteiger partial charge in [0.25, 0.3) is 11.8 Å². The molecule has 0 saturated carbocycles. The predicted molar refractivity (Wildman–Crippen MR) is 158 cm³/mol. The van der Waals surface area contributed by atoms with Gasteiger partial charge >= 0.3 is 0 Å². The molecule has 1 aliphatic rings. The molecule has 1 unspecified atom stereocenters. The Morgan fingerprint density at radius 1 is 0.976 bits per heavy atom. The molecule has 3 amide bonds. The predicted octanol–water partition coefficient (Wildman–Crippen LogP) is 6.47. The van der Waals surface area contributed by atoms with Crippen molar-refractivity contribution in [3.63, 3.8) is 0 Å². The topological polar surface area (TPSA) is 83.7 Å². The van der Waals surface area contributed by atoms with E-state index in [0.29, 0.717) is 34.2 Å². The zero-order chi connectivity index (χ0) is 28.5. The molecule has 1 atom stereocenters. The van der Waals surface area contributed by atoms with E-state index in [-0.39, 0.29) is 24.8 Å². The number of anilines is 1. The van der Waals surface area contributed by atoms with Crippen LogP contribution in [0.15, 0.2) is 101 Å². The highest BCUT2D eigenvalue weighted by atomic mass is 35.5. The van der Waals surface area contributed by atoms with Gasteiger partial charge in [-0.15, -0.1) is 0 Å². The number of carbonyl (C=O) groups excluding carboxylic acids is 3. The quantitative estimate of drug-likeness (QED) is 0.212. The van der Waals surface area contributed by atoms with Gasteiger partial charge in [-0.25, -0.2) is 9.88 Å². The van der Waals surface area contributed by atoms with Gasteiger partial charge in [-0.3, -0.25) is 14.4 Å². The van der Waals surface area contributed by atoms with Crippen molar-refractivity contribution >= 4 is 46.1 Å². The van der Waals surface area contributed by atoms with Crippen LogP contribution in [0.4, 0.5) is 5.69 Å².